The number of nitrogens with zero attached hydrogens (tertiary/aromatic N) is 3. The van der Waals surface area contributed by atoms with Gasteiger partial charge in [0.15, 0.2) is 5.96 Å². The summed E-state index contributed by atoms with van der Waals surface area (Å²) in [5.41, 5.74) is 4.34. The minimum atomic E-state index is 0. The number of rotatable bonds is 8. The molecule has 0 spiro atoms. The number of nitrogens with one attached hydrogen (secondary N) is 3. The van der Waals surface area contributed by atoms with Gasteiger partial charge in [0.05, 0.1) is 11.4 Å². The van der Waals surface area contributed by atoms with Gasteiger partial charge in [-0.25, -0.2) is 4.68 Å². The van der Waals surface area contributed by atoms with E-state index in [0.717, 1.165) is 54.4 Å². The predicted molar refractivity (Wildman–Crippen MR) is 132 cm³/mol. The Labute approximate surface area is 196 Å². The van der Waals surface area contributed by atoms with Crippen molar-refractivity contribution in [2.45, 2.75) is 46.1 Å². The summed E-state index contributed by atoms with van der Waals surface area (Å²) in [7, 11) is 1.76. The molecule has 0 radical (unpaired) electrons. The van der Waals surface area contributed by atoms with E-state index in [-0.39, 0.29) is 35.8 Å². The van der Waals surface area contributed by atoms with Crippen molar-refractivity contribution in [2.75, 3.05) is 20.1 Å². The fraction of sp³-hybridized carbons (Fsp3) is 0.500. The standard InChI is InChI=1S/C22H32N6O.HI/c1-16-14-17(2)28(27-16)20-11-5-4-8-19(20)15-26-22(23-3)25-13-7-12-24-21(29)18-9-6-10-18;/h4-5,8,11,14,18H,6-7,9-10,12-13,15H2,1-3H3,(H,24,29)(H2,23,25,26);1H. The molecule has 0 bridgehead atoms. The van der Waals surface area contributed by atoms with E-state index in [1.165, 1.54) is 6.42 Å². The van der Waals surface area contributed by atoms with E-state index in [2.05, 4.69) is 51.2 Å². The lowest BCUT2D eigenvalue weighted by Gasteiger charge is -2.24. The third-order valence-corrected chi connectivity index (χ3v) is 5.32. The minimum Gasteiger partial charge on any atom is -0.356 e. The molecule has 30 heavy (non-hydrogen) atoms. The number of carbonyl (C=O) groups excluding carboxylic acids is 1. The predicted octanol–water partition coefficient (Wildman–Crippen LogP) is 3.08. The van der Waals surface area contributed by atoms with Crippen molar-refractivity contribution < 1.29 is 4.79 Å². The smallest absolute Gasteiger partial charge is 0.223 e. The number of aliphatic imine (C=N–C) groups is 1. The van der Waals surface area contributed by atoms with Crippen molar-refractivity contribution in [3.05, 3.63) is 47.3 Å². The summed E-state index contributed by atoms with van der Waals surface area (Å²) in [4.78, 5) is 16.1. The van der Waals surface area contributed by atoms with Gasteiger partial charge in [0.25, 0.3) is 0 Å². The highest BCUT2D eigenvalue weighted by Gasteiger charge is 2.24. The summed E-state index contributed by atoms with van der Waals surface area (Å²) in [6.45, 7) is 6.16. The van der Waals surface area contributed by atoms with Crippen molar-refractivity contribution in [3.8, 4) is 5.69 Å². The fourth-order valence-electron chi connectivity index (χ4n) is 3.46. The van der Waals surface area contributed by atoms with Crippen LogP contribution in [-0.2, 0) is 11.3 Å². The van der Waals surface area contributed by atoms with E-state index in [1.54, 1.807) is 7.05 Å². The maximum absolute atomic E-state index is 11.8. The van der Waals surface area contributed by atoms with Crippen LogP contribution in [0.4, 0.5) is 0 Å². The number of aromatic nitrogens is 2. The molecule has 3 rings (SSSR count). The van der Waals surface area contributed by atoms with Crippen LogP contribution in [0.15, 0.2) is 35.3 Å². The quantitative estimate of drug-likeness (QED) is 0.215. The Morgan fingerprint density at radius 1 is 1.17 bits per heavy atom. The first-order chi connectivity index (χ1) is 14.1. The van der Waals surface area contributed by atoms with Gasteiger partial charge in [-0.1, -0.05) is 24.6 Å². The Balaban J connectivity index is 0.00000320. The monoisotopic (exact) mass is 524 g/mol. The lowest BCUT2D eigenvalue weighted by atomic mass is 9.85. The van der Waals surface area contributed by atoms with E-state index >= 15 is 0 Å². The van der Waals surface area contributed by atoms with E-state index < -0.39 is 0 Å². The average Bonchev–Trinajstić information content (AvgIpc) is 3.00. The van der Waals surface area contributed by atoms with Crippen LogP contribution in [0.25, 0.3) is 5.69 Å². The van der Waals surface area contributed by atoms with Gasteiger partial charge in [0.1, 0.15) is 0 Å². The summed E-state index contributed by atoms with van der Waals surface area (Å²) in [6.07, 6.45) is 4.13. The number of hydrogen-bond acceptors (Lipinski definition) is 3. The summed E-state index contributed by atoms with van der Waals surface area (Å²) in [5, 5.41) is 14.3. The van der Waals surface area contributed by atoms with Crippen molar-refractivity contribution >= 4 is 35.8 Å². The van der Waals surface area contributed by atoms with Crippen molar-refractivity contribution in [3.63, 3.8) is 0 Å². The van der Waals surface area contributed by atoms with Gasteiger partial charge < -0.3 is 16.0 Å². The molecule has 1 aliphatic carbocycles. The molecule has 0 atom stereocenters. The number of guanidine groups is 1. The van der Waals surface area contributed by atoms with Gasteiger partial charge in [0, 0.05) is 38.3 Å². The largest absolute Gasteiger partial charge is 0.356 e. The summed E-state index contributed by atoms with van der Waals surface area (Å²) >= 11 is 0. The van der Waals surface area contributed by atoms with Crippen LogP contribution >= 0.6 is 24.0 Å². The second kappa shape index (κ2) is 11.9. The molecule has 1 heterocycles. The van der Waals surface area contributed by atoms with E-state index in [9.17, 15) is 4.79 Å². The molecule has 0 unspecified atom stereocenters. The third-order valence-electron chi connectivity index (χ3n) is 5.32. The number of para-hydroxylation sites is 1. The van der Waals surface area contributed by atoms with Gasteiger partial charge in [-0.05, 0) is 50.8 Å². The third kappa shape index (κ3) is 6.45. The number of benzene rings is 1. The molecule has 8 heteroatoms. The first-order valence-electron chi connectivity index (χ1n) is 10.4. The minimum absolute atomic E-state index is 0. The summed E-state index contributed by atoms with van der Waals surface area (Å²) < 4.78 is 1.98. The van der Waals surface area contributed by atoms with Gasteiger partial charge >= 0.3 is 0 Å². The van der Waals surface area contributed by atoms with Crippen LogP contribution in [0.5, 0.6) is 0 Å². The Bertz CT molecular complexity index is 859. The molecule has 1 aliphatic rings. The van der Waals surface area contributed by atoms with E-state index in [0.29, 0.717) is 13.1 Å². The first-order valence-corrected chi connectivity index (χ1v) is 10.4. The molecular formula is C22H33IN6O. The Morgan fingerprint density at radius 2 is 1.90 bits per heavy atom. The molecule has 3 N–H and O–H groups in total. The molecule has 1 amide bonds. The molecule has 1 aromatic carbocycles. The number of hydrogen-bond donors (Lipinski definition) is 3. The van der Waals surface area contributed by atoms with Gasteiger partial charge in [0.2, 0.25) is 5.91 Å². The second-order valence-corrected chi connectivity index (χ2v) is 7.59. The van der Waals surface area contributed by atoms with E-state index in [1.807, 2.05) is 23.7 Å². The molecule has 0 aliphatic heterocycles. The molecule has 1 aromatic heterocycles. The van der Waals surface area contributed by atoms with Gasteiger partial charge in [-0.2, -0.15) is 5.10 Å². The lowest BCUT2D eigenvalue weighted by molar-refractivity contribution is -0.127. The highest BCUT2D eigenvalue weighted by Crippen LogP contribution is 2.26. The molecule has 1 fully saturated rings. The zero-order chi connectivity index (χ0) is 20.6. The van der Waals surface area contributed by atoms with Crippen molar-refractivity contribution in [2.24, 2.45) is 10.9 Å². The molecule has 7 nitrogen and oxygen atoms in total. The molecule has 2 aromatic rings. The normalized spacial score (nSPS) is 13.9. The van der Waals surface area contributed by atoms with Crippen LogP contribution in [0.3, 0.4) is 0 Å². The van der Waals surface area contributed by atoms with Crippen LogP contribution in [0.2, 0.25) is 0 Å². The fourth-order valence-corrected chi connectivity index (χ4v) is 3.46. The Morgan fingerprint density at radius 3 is 2.53 bits per heavy atom. The van der Waals surface area contributed by atoms with Crippen molar-refractivity contribution in [1.82, 2.24) is 25.7 Å². The second-order valence-electron chi connectivity index (χ2n) is 7.59. The molecule has 164 valence electrons. The summed E-state index contributed by atoms with van der Waals surface area (Å²) in [6, 6.07) is 10.3. The van der Waals surface area contributed by atoms with E-state index in [4.69, 9.17) is 0 Å². The average molecular weight is 524 g/mol. The number of amides is 1. The Kier molecular flexibility index (Phi) is 9.61. The lowest BCUT2D eigenvalue weighted by Crippen LogP contribution is -2.39. The molecular weight excluding hydrogens is 491 g/mol. The maximum atomic E-state index is 11.8. The Hall–Kier alpha value is -2.10. The van der Waals surface area contributed by atoms with Gasteiger partial charge in [-0.3, -0.25) is 9.79 Å². The topological polar surface area (TPSA) is 83.3 Å². The maximum Gasteiger partial charge on any atom is 0.223 e. The highest BCUT2D eigenvalue weighted by molar-refractivity contribution is 14.0. The van der Waals surface area contributed by atoms with Crippen LogP contribution in [0, 0.1) is 19.8 Å². The SMILES string of the molecule is CN=C(NCCCNC(=O)C1CCC1)NCc1ccccc1-n1nc(C)cc1C.I. The zero-order valence-electron chi connectivity index (χ0n) is 18.1. The van der Waals surface area contributed by atoms with Crippen LogP contribution < -0.4 is 16.0 Å². The van der Waals surface area contributed by atoms with Gasteiger partial charge in [-0.15, -0.1) is 24.0 Å². The highest BCUT2D eigenvalue weighted by atomic mass is 127. The number of carbonyl (C=O) groups is 1. The number of aryl methyl sites for hydroxylation is 2. The van der Waals surface area contributed by atoms with Crippen LogP contribution in [0.1, 0.15) is 42.6 Å². The first kappa shape index (κ1) is 24.2. The van der Waals surface area contributed by atoms with Crippen LogP contribution in [-0.4, -0.2) is 41.8 Å². The zero-order valence-corrected chi connectivity index (χ0v) is 20.4. The molecule has 0 saturated heterocycles. The van der Waals surface area contributed by atoms with Crippen molar-refractivity contribution in [1.29, 1.82) is 0 Å². The molecule has 1 saturated carbocycles. The number of halogens is 1. The summed E-state index contributed by atoms with van der Waals surface area (Å²) in [5.74, 6) is 1.21.